The fourth-order valence-corrected chi connectivity index (χ4v) is 1.94. The first-order chi connectivity index (χ1) is 7.22. The minimum atomic E-state index is -0.701. The van der Waals surface area contributed by atoms with Crippen LogP contribution in [0.25, 0.3) is 0 Å². The van der Waals surface area contributed by atoms with Crippen LogP contribution in [0.2, 0.25) is 0 Å². The van der Waals surface area contributed by atoms with Crippen molar-refractivity contribution in [1.29, 1.82) is 0 Å². The molecule has 1 aliphatic carbocycles. The van der Waals surface area contributed by atoms with E-state index in [1.165, 1.54) is 0 Å². The maximum absolute atomic E-state index is 10.7. The van der Waals surface area contributed by atoms with Crippen LogP contribution in [0, 0.1) is 5.92 Å². The quantitative estimate of drug-likeness (QED) is 0.783. The van der Waals surface area contributed by atoms with Gasteiger partial charge in [0.25, 0.3) is 0 Å². The van der Waals surface area contributed by atoms with Crippen molar-refractivity contribution in [3.8, 4) is 0 Å². The van der Waals surface area contributed by atoms with E-state index < -0.39 is 5.97 Å². The molecule has 2 rings (SSSR count). The van der Waals surface area contributed by atoms with Gasteiger partial charge in [-0.3, -0.25) is 4.79 Å². The average molecular weight is 206 g/mol. The molecule has 2 atom stereocenters. The normalized spacial score (nSPS) is 23.8. The van der Waals surface area contributed by atoms with Gasteiger partial charge in [-0.15, -0.1) is 0 Å². The molecule has 0 bridgehead atoms. The van der Waals surface area contributed by atoms with Crippen molar-refractivity contribution in [2.24, 2.45) is 5.92 Å². The molecule has 1 aromatic carbocycles. The zero-order valence-electron chi connectivity index (χ0n) is 8.39. The summed E-state index contributed by atoms with van der Waals surface area (Å²) in [5.74, 6) is -0.719. The summed E-state index contributed by atoms with van der Waals surface area (Å²) in [7, 11) is 0. The Labute approximate surface area is 88.4 Å². The van der Waals surface area contributed by atoms with Crippen LogP contribution in [-0.4, -0.2) is 22.8 Å². The standard InChI is InChI=1S/C12H14O3/c13-5-4-8-2-1-3-9(6-8)10-7-11(10)12(14)15/h1-3,6,10-11,13H,4-5,7H2,(H,14,15). The predicted octanol–water partition coefficient (Wildman–Crippen LogP) is 1.41. The monoisotopic (exact) mass is 206 g/mol. The molecule has 15 heavy (non-hydrogen) atoms. The SMILES string of the molecule is O=C(O)C1CC1c1cccc(CCO)c1. The number of hydrogen-bond acceptors (Lipinski definition) is 2. The Morgan fingerprint density at radius 2 is 2.27 bits per heavy atom. The molecule has 2 unspecified atom stereocenters. The number of hydrogen-bond donors (Lipinski definition) is 2. The molecule has 0 heterocycles. The van der Waals surface area contributed by atoms with Crippen LogP contribution in [0.15, 0.2) is 24.3 Å². The van der Waals surface area contributed by atoms with Crippen molar-refractivity contribution >= 4 is 5.97 Å². The minimum absolute atomic E-state index is 0.135. The lowest BCUT2D eigenvalue weighted by Gasteiger charge is -2.02. The maximum atomic E-state index is 10.7. The summed E-state index contributed by atoms with van der Waals surface area (Å²) in [6, 6.07) is 7.85. The number of rotatable bonds is 4. The van der Waals surface area contributed by atoms with E-state index in [0.717, 1.165) is 17.5 Å². The summed E-state index contributed by atoms with van der Waals surface area (Å²) < 4.78 is 0. The van der Waals surface area contributed by atoms with Gasteiger partial charge in [0.1, 0.15) is 0 Å². The van der Waals surface area contributed by atoms with Crippen LogP contribution in [0.5, 0.6) is 0 Å². The molecule has 3 heteroatoms. The fraction of sp³-hybridized carbons (Fsp3) is 0.417. The number of aliphatic carboxylic acids is 1. The Morgan fingerprint density at radius 3 is 2.87 bits per heavy atom. The fourth-order valence-electron chi connectivity index (χ4n) is 1.94. The zero-order chi connectivity index (χ0) is 10.8. The minimum Gasteiger partial charge on any atom is -0.481 e. The summed E-state index contributed by atoms with van der Waals surface area (Å²) in [6.07, 6.45) is 1.39. The van der Waals surface area contributed by atoms with E-state index in [4.69, 9.17) is 10.2 Å². The second kappa shape index (κ2) is 4.03. The van der Waals surface area contributed by atoms with E-state index >= 15 is 0 Å². The highest BCUT2D eigenvalue weighted by Gasteiger charge is 2.44. The van der Waals surface area contributed by atoms with Crippen molar-refractivity contribution in [3.05, 3.63) is 35.4 Å². The van der Waals surface area contributed by atoms with Crippen LogP contribution in [0.3, 0.4) is 0 Å². The highest BCUT2D eigenvalue weighted by atomic mass is 16.4. The van der Waals surface area contributed by atoms with E-state index in [1.54, 1.807) is 0 Å². The molecule has 0 radical (unpaired) electrons. The summed E-state index contributed by atoms with van der Waals surface area (Å²) in [5.41, 5.74) is 2.17. The van der Waals surface area contributed by atoms with E-state index in [1.807, 2.05) is 24.3 Å². The average Bonchev–Trinajstić information content (AvgIpc) is 2.98. The topological polar surface area (TPSA) is 57.5 Å². The van der Waals surface area contributed by atoms with Crippen LogP contribution in [-0.2, 0) is 11.2 Å². The summed E-state index contributed by atoms with van der Waals surface area (Å²) in [4.78, 5) is 10.7. The number of aliphatic hydroxyl groups is 1. The van der Waals surface area contributed by atoms with Crippen molar-refractivity contribution in [1.82, 2.24) is 0 Å². The van der Waals surface area contributed by atoms with Gasteiger partial charge in [-0.05, 0) is 29.9 Å². The first-order valence-electron chi connectivity index (χ1n) is 5.15. The molecule has 0 spiro atoms. The molecule has 80 valence electrons. The number of carboxylic acids is 1. The van der Waals surface area contributed by atoms with E-state index in [-0.39, 0.29) is 18.4 Å². The Balaban J connectivity index is 2.10. The lowest BCUT2D eigenvalue weighted by atomic mass is 10.0. The molecule has 0 amide bonds. The second-order valence-corrected chi connectivity index (χ2v) is 4.01. The highest BCUT2D eigenvalue weighted by Crippen LogP contribution is 2.47. The highest BCUT2D eigenvalue weighted by molar-refractivity contribution is 5.75. The molecule has 0 aliphatic heterocycles. The van der Waals surface area contributed by atoms with Crippen molar-refractivity contribution in [2.75, 3.05) is 6.61 Å². The van der Waals surface area contributed by atoms with Crippen molar-refractivity contribution < 1.29 is 15.0 Å². The van der Waals surface area contributed by atoms with Gasteiger partial charge in [-0.1, -0.05) is 24.3 Å². The van der Waals surface area contributed by atoms with Gasteiger partial charge in [0.2, 0.25) is 0 Å². The molecule has 1 aliphatic rings. The maximum Gasteiger partial charge on any atom is 0.307 e. The van der Waals surface area contributed by atoms with Crippen LogP contribution in [0.4, 0.5) is 0 Å². The predicted molar refractivity (Wildman–Crippen MR) is 55.7 cm³/mol. The Bertz CT molecular complexity index is 373. The molecule has 3 nitrogen and oxygen atoms in total. The van der Waals surface area contributed by atoms with E-state index in [2.05, 4.69) is 0 Å². The molecular weight excluding hydrogens is 192 g/mol. The Hall–Kier alpha value is -1.35. The van der Waals surface area contributed by atoms with E-state index in [9.17, 15) is 4.79 Å². The molecule has 1 aromatic rings. The van der Waals surface area contributed by atoms with Gasteiger partial charge in [0, 0.05) is 6.61 Å². The van der Waals surface area contributed by atoms with Crippen LogP contribution >= 0.6 is 0 Å². The van der Waals surface area contributed by atoms with Gasteiger partial charge in [0.15, 0.2) is 0 Å². The van der Waals surface area contributed by atoms with Crippen molar-refractivity contribution in [2.45, 2.75) is 18.8 Å². The third-order valence-electron chi connectivity index (χ3n) is 2.89. The first-order valence-corrected chi connectivity index (χ1v) is 5.15. The van der Waals surface area contributed by atoms with Crippen LogP contribution < -0.4 is 0 Å². The third-order valence-corrected chi connectivity index (χ3v) is 2.89. The van der Waals surface area contributed by atoms with Crippen LogP contribution in [0.1, 0.15) is 23.5 Å². The summed E-state index contributed by atoms with van der Waals surface area (Å²) >= 11 is 0. The van der Waals surface area contributed by atoms with Gasteiger partial charge in [-0.25, -0.2) is 0 Å². The third kappa shape index (κ3) is 2.18. The lowest BCUT2D eigenvalue weighted by Crippen LogP contribution is -1.99. The Kier molecular flexibility index (Phi) is 2.73. The second-order valence-electron chi connectivity index (χ2n) is 4.01. The number of carboxylic acid groups (broad SMARTS) is 1. The smallest absolute Gasteiger partial charge is 0.307 e. The largest absolute Gasteiger partial charge is 0.481 e. The molecule has 0 saturated heterocycles. The molecule has 2 N–H and O–H groups in total. The molecule has 1 fully saturated rings. The first kappa shape index (κ1) is 10.2. The molecule has 1 saturated carbocycles. The van der Waals surface area contributed by atoms with Gasteiger partial charge < -0.3 is 10.2 Å². The van der Waals surface area contributed by atoms with Gasteiger partial charge in [-0.2, -0.15) is 0 Å². The van der Waals surface area contributed by atoms with E-state index in [0.29, 0.717) is 6.42 Å². The summed E-state index contributed by atoms with van der Waals surface area (Å²) in [6.45, 7) is 0.135. The number of aliphatic hydroxyl groups excluding tert-OH is 1. The molecule has 0 aromatic heterocycles. The van der Waals surface area contributed by atoms with Gasteiger partial charge >= 0.3 is 5.97 Å². The van der Waals surface area contributed by atoms with Crippen molar-refractivity contribution in [3.63, 3.8) is 0 Å². The summed E-state index contributed by atoms with van der Waals surface area (Å²) in [5, 5.41) is 17.6. The number of benzene rings is 1. The Morgan fingerprint density at radius 1 is 1.47 bits per heavy atom. The van der Waals surface area contributed by atoms with Gasteiger partial charge in [0.05, 0.1) is 5.92 Å². The zero-order valence-corrected chi connectivity index (χ0v) is 8.39. The lowest BCUT2D eigenvalue weighted by molar-refractivity contribution is -0.138. The molecular formula is C12H14O3. The number of carbonyl (C=O) groups is 1.